The number of benzene rings is 1. The highest BCUT2D eigenvalue weighted by molar-refractivity contribution is 9.10. The molecule has 0 aliphatic carbocycles. The maximum absolute atomic E-state index is 10.6. The largest absolute Gasteiger partial charge is 0.384 e. The van der Waals surface area contributed by atoms with Crippen LogP contribution in [0.3, 0.4) is 0 Å². The second kappa shape index (κ2) is 8.84. The Morgan fingerprint density at radius 1 is 1.37 bits per heavy atom. The van der Waals surface area contributed by atoms with E-state index in [2.05, 4.69) is 21.2 Å². The standard InChI is InChI=1S/C12H17BrN2O4/c1-18-7-8-19-6-2-5-14-12-4-3-10(15(16)17)9-11(12)13/h3-4,9,14H,2,5-8H2,1H3. The summed E-state index contributed by atoms with van der Waals surface area (Å²) in [4.78, 5) is 10.2. The second-order valence-electron chi connectivity index (χ2n) is 3.81. The SMILES string of the molecule is COCCOCCCNc1ccc([N+](=O)[O-])cc1Br. The first-order chi connectivity index (χ1) is 9.15. The summed E-state index contributed by atoms with van der Waals surface area (Å²) in [6.07, 6.45) is 0.854. The van der Waals surface area contributed by atoms with Gasteiger partial charge < -0.3 is 14.8 Å². The summed E-state index contributed by atoms with van der Waals surface area (Å²) in [7, 11) is 1.64. The van der Waals surface area contributed by atoms with E-state index in [1.165, 1.54) is 12.1 Å². The van der Waals surface area contributed by atoms with Gasteiger partial charge in [-0.2, -0.15) is 0 Å². The minimum Gasteiger partial charge on any atom is -0.384 e. The molecule has 0 aliphatic rings. The Morgan fingerprint density at radius 3 is 2.79 bits per heavy atom. The molecule has 0 bridgehead atoms. The van der Waals surface area contributed by atoms with Crippen molar-refractivity contribution in [3.63, 3.8) is 0 Å². The first kappa shape index (κ1) is 15.9. The highest BCUT2D eigenvalue weighted by atomic mass is 79.9. The lowest BCUT2D eigenvalue weighted by Gasteiger charge is -2.08. The number of nitro benzene ring substituents is 1. The van der Waals surface area contributed by atoms with Crippen LogP contribution in [0.1, 0.15) is 6.42 Å². The van der Waals surface area contributed by atoms with E-state index >= 15 is 0 Å². The fraction of sp³-hybridized carbons (Fsp3) is 0.500. The van der Waals surface area contributed by atoms with Crippen molar-refractivity contribution in [2.45, 2.75) is 6.42 Å². The van der Waals surface area contributed by atoms with Gasteiger partial charge in [0.15, 0.2) is 0 Å². The summed E-state index contributed by atoms with van der Waals surface area (Å²) in [5.41, 5.74) is 0.905. The summed E-state index contributed by atoms with van der Waals surface area (Å²) in [5.74, 6) is 0. The minimum absolute atomic E-state index is 0.0697. The van der Waals surface area contributed by atoms with Crippen molar-refractivity contribution < 1.29 is 14.4 Å². The molecule has 0 radical (unpaired) electrons. The van der Waals surface area contributed by atoms with E-state index in [-0.39, 0.29) is 5.69 Å². The van der Waals surface area contributed by atoms with Gasteiger partial charge in [-0.3, -0.25) is 10.1 Å². The molecule has 0 unspecified atom stereocenters. The lowest BCUT2D eigenvalue weighted by atomic mass is 10.3. The van der Waals surface area contributed by atoms with Crippen LogP contribution in [0.15, 0.2) is 22.7 Å². The molecular formula is C12H17BrN2O4. The van der Waals surface area contributed by atoms with Crippen LogP contribution in [0.4, 0.5) is 11.4 Å². The second-order valence-corrected chi connectivity index (χ2v) is 4.66. The Balaban J connectivity index is 2.28. The number of nitro groups is 1. The molecule has 0 saturated heterocycles. The number of nitrogens with one attached hydrogen (secondary N) is 1. The summed E-state index contributed by atoms with van der Waals surface area (Å²) < 4.78 is 10.9. The quantitative estimate of drug-likeness (QED) is 0.427. The average Bonchev–Trinajstić information content (AvgIpc) is 2.39. The molecule has 1 rings (SSSR count). The first-order valence-electron chi connectivity index (χ1n) is 5.89. The zero-order valence-electron chi connectivity index (χ0n) is 10.7. The van der Waals surface area contributed by atoms with Crippen LogP contribution in [0.25, 0.3) is 0 Å². The maximum Gasteiger partial charge on any atom is 0.270 e. The molecule has 0 heterocycles. The van der Waals surface area contributed by atoms with E-state index in [0.717, 1.165) is 18.7 Å². The molecule has 0 aromatic heterocycles. The molecule has 1 N–H and O–H groups in total. The third-order valence-electron chi connectivity index (χ3n) is 2.38. The van der Waals surface area contributed by atoms with Crippen LogP contribution < -0.4 is 5.32 Å². The highest BCUT2D eigenvalue weighted by Crippen LogP contribution is 2.26. The highest BCUT2D eigenvalue weighted by Gasteiger charge is 2.08. The van der Waals surface area contributed by atoms with Crippen LogP contribution in [-0.2, 0) is 9.47 Å². The molecule has 1 aromatic carbocycles. The predicted octanol–water partition coefficient (Wildman–Crippen LogP) is 2.82. The van der Waals surface area contributed by atoms with Gasteiger partial charge in [-0.05, 0) is 28.4 Å². The molecule has 0 saturated carbocycles. The molecule has 19 heavy (non-hydrogen) atoms. The zero-order valence-corrected chi connectivity index (χ0v) is 12.3. The number of methoxy groups -OCH3 is 1. The van der Waals surface area contributed by atoms with Gasteiger partial charge in [-0.15, -0.1) is 0 Å². The molecule has 0 amide bonds. The summed E-state index contributed by atoms with van der Waals surface area (Å²) in [6.45, 7) is 2.59. The molecule has 0 fully saturated rings. The number of halogens is 1. The van der Waals surface area contributed by atoms with Crippen molar-refractivity contribution in [3.8, 4) is 0 Å². The van der Waals surface area contributed by atoms with Gasteiger partial charge in [0.2, 0.25) is 0 Å². The Hall–Kier alpha value is -1.18. The minimum atomic E-state index is -0.418. The molecule has 6 nitrogen and oxygen atoms in total. The maximum atomic E-state index is 10.6. The van der Waals surface area contributed by atoms with Gasteiger partial charge in [0.1, 0.15) is 0 Å². The molecule has 7 heteroatoms. The normalized spacial score (nSPS) is 10.4. The summed E-state index contributed by atoms with van der Waals surface area (Å²) in [5, 5.41) is 13.8. The first-order valence-corrected chi connectivity index (χ1v) is 6.69. The van der Waals surface area contributed by atoms with Crippen LogP contribution >= 0.6 is 15.9 Å². The van der Waals surface area contributed by atoms with Gasteiger partial charge in [0.25, 0.3) is 5.69 Å². The van der Waals surface area contributed by atoms with Crippen molar-refractivity contribution in [3.05, 3.63) is 32.8 Å². The van der Waals surface area contributed by atoms with E-state index < -0.39 is 4.92 Å². The number of hydrogen-bond acceptors (Lipinski definition) is 5. The van der Waals surface area contributed by atoms with E-state index in [0.29, 0.717) is 24.3 Å². The molecule has 0 spiro atoms. The van der Waals surface area contributed by atoms with Crippen LogP contribution in [0.5, 0.6) is 0 Å². The van der Waals surface area contributed by atoms with E-state index in [1.54, 1.807) is 13.2 Å². The van der Waals surface area contributed by atoms with E-state index in [9.17, 15) is 10.1 Å². The summed E-state index contributed by atoms with van der Waals surface area (Å²) in [6, 6.07) is 4.65. The van der Waals surface area contributed by atoms with Gasteiger partial charge in [0.05, 0.1) is 18.1 Å². The third-order valence-corrected chi connectivity index (χ3v) is 3.03. The number of nitrogens with zero attached hydrogens (tertiary/aromatic N) is 1. The Morgan fingerprint density at radius 2 is 2.16 bits per heavy atom. The summed E-state index contributed by atoms with van der Waals surface area (Å²) >= 11 is 3.30. The van der Waals surface area contributed by atoms with E-state index in [1.807, 2.05) is 0 Å². The fourth-order valence-corrected chi connectivity index (χ4v) is 1.91. The number of rotatable bonds is 9. The van der Waals surface area contributed by atoms with Crippen LogP contribution in [0, 0.1) is 10.1 Å². The Kier molecular flexibility index (Phi) is 7.39. The monoisotopic (exact) mass is 332 g/mol. The van der Waals surface area contributed by atoms with Crippen molar-refractivity contribution >= 4 is 27.3 Å². The van der Waals surface area contributed by atoms with Gasteiger partial charge in [-0.1, -0.05) is 0 Å². The number of hydrogen-bond donors (Lipinski definition) is 1. The van der Waals surface area contributed by atoms with E-state index in [4.69, 9.17) is 9.47 Å². The van der Waals surface area contributed by atoms with Gasteiger partial charge in [0, 0.05) is 42.6 Å². The number of anilines is 1. The molecule has 106 valence electrons. The Bertz CT molecular complexity index is 415. The van der Waals surface area contributed by atoms with Crippen molar-refractivity contribution in [2.75, 3.05) is 38.8 Å². The molecule has 0 aliphatic heterocycles. The average molecular weight is 333 g/mol. The van der Waals surface area contributed by atoms with Crippen molar-refractivity contribution in [1.82, 2.24) is 0 Å². The van der Waals surface area contributed by atoms with Crippen molar-refractivity contribution in [2.24, 2.45) is 0 Å². The fourth-order valence-electron chi connectivity index (χ4n) is 1.40. The van der Waals surface area contributed by atoms with Crippen molar-refractivity contribution in [1.29, 1.82) is 0 Å². The lowest BCUT2D eigenvalue weighted by molar-refractivity contribution is -0.384. The zero-order chi connectivity index (χ0) is 14.1. The predicted molar refractivity (Wildman–Crippen MR) is 76.6 cm³/mol. The number of ether oxygens (including phenoxy) is 2. The molecular weight excluding hydrogens is 316 g/mol. The van der Waals surface area contributed by atoms with Gasteiger partial charge in [-0.25, -0.2) is 0 Å². The topological polar surface area (TPSA) is 73.6 Å². The molecule has 0 atom stereocenters. The van der Waals surface area contributed by atoms with Crippen LogP contribution in [-0.4, -0.2) is 38.4 Å². The van der Waals surface area contributed by atoms with Crippen LogP contribution in [0.2, 0.25) is 0 Å². The molecule has 1 aromatic rings. The number of non-ortho nitro benzene ring substituents is 1. The smallest absolute Gasteiger partial charge is 0.270 e. The Labute approximate surface area is 120 Å². The van der Waals surface area contributed by atoms with Gasteiger partial charge >= 0.3 is 0 Å². The lowest BCUT2D eigenvalue weighted by Crippen LogP contribution is -2.08. The third kappa shape index (κ3) is 6.00.